The van der Waals surface area contributed by atoms with E-state index in [1.807, 2.05) is 0 Å². The fourth-order valence-electron chi connectivity index (χ4n) is 21.5. The molecule has 2 nitrogen and oxygen atoms in total. The minimum Gasteiger partial charge on any atom is -0.0654 e. The number of allylic oxidation sites excluding steroid dienone is 6. The Morgan fingerprint density at radius 3 is 0.687 bits per heavy atom. The van der Waals surface area contributed by atoms with Gasteiger partial charge in [0.2, 0.25) is 11.4 Å². The first-order valence-electron chi connectivity index (χ1n) is 62.3. The second-order valence-electron chi connectivity index (χ2n) is 43.7. The second kappa shape index (κ2) is 105. The minimum atomic E-state index is 0.696. The van der Waals surface area contributed by atoms with Gasteiger partial charge in [0, 0.05) is 22.3 Å². The number of nitrogens with zero attached hydrogens (tertiary/aromatic N) is 2. The van der Waals surface area contributed by atoms with Gasteiger partial charge < -0.3 is 5.53 Å². The molecule has 134 heavy (non-hydrogen) atoms. The quantitative estimate of drug-likeness (QED) is 0.0273. The second-order valence-corrected chi connectivity index (χ2v) is 45.1. The number of rotatable bonds is 107. The first-order valence-corrected chi connectivity index (χ1v) is 63.7. The van der Waals surface area contributed by atoms with Crippen LogP contribution in [0.1, 0.15) is 700 Å². The van der Waals surface area contributed by atoms with Gasteiger partial charge in [-0.25, -0.2) is 4.70 Å². The average Bonchev–Trinajstić information content (AvgIpc) is 1.60. The minimum absolute atomic E-state index is 0.696. The van der Waals surface area contributed by atoms with Crippen molar-refractivity contribution in [1.29, 1.82) is 0 Å². The van der Waals surface area contributed by atoms with E-state index in [2.05, 4.69) is 143 Å². The van der Waals surface area contributed by atoms with Crippen molar-refractivity contribution < 1.29 is 19.1 Å². The molecular formula is C131H240N2Ni. The summed E-state index contributed by atoms with van der Waals surface area (Å²) in [5, 5.41) is 2.87. The zero-order valence-corrected chi connectivity index (χ0v) is 93.7. The van der Waals surface area contributed by atoms with E-state index >= 15 is 0 Å². The normalized spacial score (nSPS) is 13.0. The van der Waals surface area contributed by atoms with Crippen LogP contribution >= 0.6 is 0 Å². The van der Waals surface area contributed by atoms with Crippen LogP contribution in [0.15, 0.2) is 84.0 Å². The van der Waals surface area contributed by atoms with Crippen molar-refractivity contribution >= 4 is 11.4 Å². The Labute approximate surface area is 850 Å². The third kappa shape index (κ3) is 80.0. The van der Waals surface area contributed by atoms with Crippen molar-refractivity contribution in [1.82, 2.24) is 0 Å². The van der Waals surface area contributed by atoms with Crippen LogP contribution in [-0.4, -0.2) is 4.70 Å². The Morgan fingerprint density at radius 2 is 0.433 bits per heavy atom. The topological polar surface area (TPSA) is 25.3 Å². The van der Waals surface area contributed by atoms with Crippen molar-refractivity contribution in [2.45, 2.75) is 702 Å². The molecule has 2 atom stereocenters. The van der Waals surface area contributed by atoms with Gasteiger partial charge in [-0.2, -0.15) is 0 Å². The summed E-state index contributed by atoms with van der Waals surface area (Å²) in [6.07, 6.45) is 150. The molecule has 1 aliphatic rings. The van der Waals surface area contributed by atoms with Crippen molar-refractivity contribution in [3.63, 3.8) is 0 Å². The maximum absolute atomic E-state index is 12.8. The van der Waals surface area contributed by atoms with Crippen LogP contribution in [0.25, 0.3) is 16.9 Å². The summed E-state index contributed by atoms with van der Waals surface area (Å²) in [7, 11) is 0. The van der Waals surface area contributed by atoms with Crippen LogP contribution in [0.3, 0.4) is 0 Å². The summed E-state index contributed by atoms with van der Waals surface area (Å²) in [6.45, 7) is 18.6. The first kappa shape index (κ1) is 128. The molecule has 0 radical (unpaired) electrons. The molecule has 2 aromatic carbocycles. The van der Waals surface area contributed by atoms with Crippen LogP contribution in [0.5, 0.6) is 0 Å². The molecule has 0 bridgehead atoms. The van der Waals surface area contributed by atoms with Crippen molar-refractivity contribution in [2.24, 2.45) is 11.8 Å². The van der Waals surface area contributed by atoms with Gasteiger partial charge in [-0.3, -0.25) is 0 Å². The fourth-order valence-corrected chi connectivity index (χ4v) is 22.8. The third-order valence-electron chi connectivity index (χ3n) is 30.8. The van der Waals surface area contributed by atoms with Crippen LogP contribution in [0.2, 0.25) is 10.8 Å². The Hall–Kier alpha value is -2.51. The molecule has 0 saturated heterocycles. The monoisotopic (exact) mass is 1900 g/mol. The molecule has 3 rings (SSSR count). The summed E-state index contributed by atoms with van der Waals surface area (Å²) < 4.78 is 1.67. The average molecular weight is 1900 g/mol. The van der Waals surface area contributed by atoms with Gasteiger partial charge in [0.05, 0.1) is 0 Å². The number of hydrogen-bond donors (Lipinski definition) is 0. The summed E-state index contributed by atoms with van der Waals surface area (Å²) in [6, 6.07) is 18.3. The summed E-state index contributed by atoms with van der Waals surface area (Å²) in [5.74, 6) is 1.39. The van der Waals surface area contributed by atoms with Gasteiger partial charge >= 0.3 is 166 Å². The van der Waals surface area contributed by atoms with Crippen molar-refractivity contribution in [3.8, 4) is 0 Å². The van der Waals surface area contributed by atoms with E-state index in [1.54, 1.807) is 4.70 Å². The van der Waals surface area contributed by atoms with Crippen LogP contribution in [-0.2, 0) is 27.3 Å². The van der Waals surface area contributed by atoms with E-state index < -0.39 is 0 Å². The molecule has 0 saturated carbocycles. The predicted molar refractivity (Wildman–Crippen MR) is 606 cm³/mol. The fraction of sp³-hybridized carbons (Fsp3) is 0.847. The van der Waals surface area contributed by atoms with Gasteiger partial charge in [0.1, 0.15) is 0 Å². The smallest absolute Gasteiger partial charge is 0.0654 e. The van der Waals surface area contributed by atoms with Crippen molar-refractivity contribution in [2.75, 3.05) is 0 Å². The molecule has 2 aromatic rings. The van der Waals surface area contributed by atoms with E-state index in [0.717, 1.165) is 30.7 Å². The molecule has 0 fully saturated rings. The molecule has 1 heterocycles. The van der Waals surface area contributed by atoms with E-state index in [4.69, 9.17) is 0 Å². The number of unbranched alkanes of at least 4 members (excludes halogenated alkanes) is 83. The maximum atomic E-state index is 12.8. The van der Waals surface area contributed by atoms with E-state index in [9.17, 15) is 5.53 Å². The number of benzene rings is 2. The zero-order chi connectivity index (χ0) is 96.0. The van der Waals surface area contributed by atoms with E-state index in [1.165, 1.54) is 661 Å². The SMILES string of the molecule is CCCCCCCC=CCC(CCCCC)CCc1ccccc1C1=C(C)C(CCCCCCCCCCCCCCCCCCCCCC)=C(c2ccccc2CCC(CC=CCCCCCCC)CCCCC)[N+]1=[N-].CCCCCCCCCCCCCCCCCCCCCCCCCCC[CH2][Ni][CH2]CCCCCCCCCCCCCCCCCCCCCCCCCCC. The first-order chi connectivity index (χ1) is 66.4. The number of aryl methyl sites for hydroxylation is 2. The summed E-state index contributed by atoms with van der Waals surface area (Å²) >= 11 is 2.05. The molecule has 0 aromatic heterocycles. The standard InChI is InChI=1S/C75H126N2.2C28H57.Ni/c1-7-12-17-20-23-26-27-28-29-30-31-32-33-34-35-36-37-40-43-48-59-71-66(6)74(72-60-51-49-57-69(72)64-62-67(53-44-15-10-4)55-46-41-38-24-21-18-13-8-2)77(76)75(71)73-61-52-50-58-70(73)65-63-68(54-45-16-11-5)56-47-42-39-25-22-19-14-9-3;2*1-3-5-7-9-11-13-15-17-19-21-23-25-27-28-26-24-22-20-18-16-14-12-10-8-6-4-2;/h41-42,46-47,49-52,57-58,60-61,67-68H,7-40,43-45,48,53-56,59,62-65H2,1-6H3;2*1,3-28H2,2H3;. The predicted octanol–water partition coefficient (Wildman–Crippen LogP) is 48.2. The van der Waals surface area contributed by atoms with Gasteiger partial charge in [0.25, 0.3) is 0 Å². The van der Waals surface area contributed by atoms with Gasteiger partial charge in [-0.05, 0) is 119 Å². The van der Waals surface area contributed by atoms with Crippen molar-refractivity contribution in [3.05, 3.63) is 112 Å². The summed E-state index contributed by atoms with van der Waals surface area (Å²) in [4.78, 5) is 0. The Kier molecular flexibility index (Phi) is 99.8. The Bertz CT molecular complexity index is 2780. The number of hydrogen-bond acceptors (Lipinski definition) is 0. The zero-order valence-electron chi connectivity index (χ0n) is 92.7. The molecule has 0 aliphatic carbocycles. The van der Waals surface area contributed by atoms with Gasteiger partial charge in [-0.1, -0.05) is 527 Å². The van der Waals surface area contributed by atoms with Gasteiger partial charge in [-0.15, -0.1) is 0 Å². The molecule has 0 amide bonds. The molecule has 0 N–H and O–H groups in total. The Morgan fingerprint density at radius 1 is 0.224 bits per heavy atom. The van der Waals surface area contributed by atoms with Crippen LogP contribution < -0.4 is 0 Å². The molecule has 2 unspecified atom stereocenters. The third-order valence-corrected chi connectivity index (χ3v) is 32.2. The molecular weight excluding hydrogens is 1660 g/mol. The van der Waals surface area contributed by atoms with Crippen LogP contribution in [0.4, 0.5) is 0 Å². The molecule has 3 heteroatoms. The van der Waals surface area contributed by atoms with Crippen LogP contribution in [0, 0.1) is 11.8 Å². The molecule has 0 spiro atoms. The van der Waals surface area contributed by atoms with E-state index in [-0.39, 0.29) is 0 Å². The molecule has 1 aliphatic heterocycles. The van der Waals surface area contributed by atoms with E-state index in [0.29, 0.717) is 11.8 Å². The molecule has 784 valence electrons. The van der Waals surface area contributed by atoms with Gasteiger partial charge in [0.15, 0.2) is 0 Å². The Balaban J connectivity index is 0.000000951. The summed E-state index contributed by atoms with van der Waals surface area (Å²) in [5.41, 5.74) is 22.8.